The molecule has 4 rings (SSSR count). The Balaban J connectivity index is 2.11. The summed E-state index contributed by atoms with van der Waals surface area (Å²) >= 11 is 1.13. The van der Waals surface area contributed by atoms with Crippen LogP contribution in [-0.2, 0) is 19.1 Å². The molecule has 0 radical (unpaired) electrons. The van der Waals surface area contributed by atoms with Crippen molar-refractivity contribution in [1.82, 2.24) is 4.57 Å². The molecule has 1 atom stereocenters. The number of aromatic nitrogens is 1. The van der Waals surface area contributed by atoms with Crippen LogP contribution in [0.4, 0.5) is 0 Å². The molecular formula is C26H24N2O5S. The zero-order chi connectivity index (χ0) is 24.6. The third-order valence-corrected chi connectivity index (χ3v) is 6.85. The van der Waals surface area contributed by atoms with Crippen LogP contribution >= 0.6 is 11.3 Å². The molecule has 2 aromatic carbocycles. The highest BCUT2D eigenvalue weighted by Crippen LogP contribution is 2.37. The highest BCUT2D eigenvalue weighted by molar-refractivity contribution is 7.07. The van der Waals surface area contributed by atoms with Crippen LogP contribution in [0.2, 0.25) is 0 Å². The number of thiazole rings is 1. The van der Waals surface area contributed by atoms with Gasteiger partial charge in [0.25, 0.3) is 5.56 Å². The van der Waals surface area contributed by atoms with Crippen molar-refractivity contribution in [1.29, 1.82) is 0 Å². The predicted octanol–water partition coefficient (Wildman–Crippen LogP) is 1.78. The van der Waals surface area contributed by atoms with Gasteiger partial charge in [-0.25, -0.2) is 9.59 Å². The van der Waals surface area contributed by atoms with E-state index in [0.717, 1.165) is 28.0 Å². The van der Waals surface area contributed by atoms with E-state index in [4.69, 9.17) is 15.2 Å². The van der Waals surface area contributed by atoms with E-state index >= 15 is 0 Å². The molecule has 0 unspecified atom stereocenters. The van der Waals surface area contributed by atoms with Gasteiger partial charge in [-0.05, 0) is 31.1 Å². The molecule has 7 nitrogen and oxygen atoms in total. The summed E-state index contributed by atoms with van der Waals surface area (Å²) in [7, 11) is 2.49. The molecule has 1 aliphatic rings. The first kappa shape index (κ1) is 23.3. The maximum Gasteiger partial charge on any atom is 0.338 e. The zero-order valence-corrected chi connectivity index (χ0v) is 20.1. The van der Waals surface area contributed by atoms with Crippen LogP contribution in [0.1, 0.15) is 28.2 Å². The molecule has 2 heterocycles. The summed E-state index contributed by atoms with van der Waals surface area (Å²) in [6.45, 7) is 3.91. The summed E-state index contributed by atoms with van der Waals surface area (Å²) < 4.78 is 12.0. The number of hydrogen-bond acceptors (Lipinski definition) is 7. The van der Waals surface area contributed by atoms with Gasteiger partial charge in [0.1, 0.15) is 10.5 Å². The van der Waals surface area contributed by atoms with Crippen LogP contribution in [0, 0.1) is 13.8 Å². The first-order valence-electron chi connectivity index (χ1n) is 10.5. The van der Waals surface area contributed by atoms with Crippen molar-refractivity contribution in [3.8, 4) is 0 Å². The Morgan fingerprint density at radius 1 is 0.912 bits per heavy atom. The van der Waals surface area contributed by atoms with Gasteiger partial charge in [-0.15, -0.1) is 11.3 Å². The van der Waals surface area contributed by atoms with Crippen molar-refractivity contribution < 1.29 is 19.1 Å². The van der Waals surface area contributed by atoms with Crippen LogP contribution in [0.5, 0.6) is 0 Å². The summed E-state index contributed by atoms with van der Waals surface area (Å²) in [6, 6.07) is 15.1. The number of aryl methyl sites for hydroxylation is 2. The Hall–Kier alpha value is -3.91. The lowest BCUT2D eigenvalue weighted by Crippen LogP contribution is -2.41. The average Bonchev–Trinajstić information content (AvgIpc) is 3.15. The van der Waals surface area contributed by atoms with E-state index in [2.05, 4.69) is 0 Å². The number of methoxy groups -OCH3 is 2. The van der Waals surface area contributed by atoms with E-state index in [1.54, 1.807) is 6.08 Å². The molecule has 0 saturated carbocycles. The van der Waals surface area contributed by atoms with E-state index in [-0.39, 0.29) is 17.0 Å². The Kier molecular flexibility index (Phi) is 6.26. The molecule has 174 valence electrons. The Bertz CT molecular complexity index is 1490. The fraction of sp³-hybridized carbons (Fsp3) is 0.192. The van der Waals surface area contributed by atoms with Gasteiger partial charge in [-0.3, -0.25) is 9.36 Å². The lowest BCUT2D eigenvalue weighted by Gasteiger charge is -2.26. The Morgan fingerprint density at radius 3 is 2.00 bits per heavy atom. The van der Waals surface area contributed by atoms with Crippen LogP contribution in [0.25, 0.3) is 17.5 Å². The lowest BCUT2D eigenvalue weighted by molar-refractivity contribution is -0.136. The predicted molar refractivity (Wildman–Crippen MR) is 131 cm³/mol. The summed E-state index contributed by atoms with van der Waals surface area (Å²) in [4.78, 5) is 39.4. The fourth-order valence-electron chi connectivity index (χ4n) is 3.97. The SMILES string of the molecule is COC(=O)C1=C(N)n2c(s/c(=C\c3ccc(C)cc3)c2=O)=C(C(=O)OC)[C@H]1c1ccc(C)cc1. The zero-order valence-electron chi connectivity index (χ0n) is 19.2. The second-order valence-corrected chi connectivity index (χ2v) is 9.04. The number of fused-ring (bicyclic) bond motifs is 1. The number of benzene rings is 2. The quantitative estimate of drug-likeness (QED) is 0.576. The summed E-state index contributed by atoms with van der Waals surface area (Å²) in [6.07, 6.45) is 1.73. The molecule has 0 saturated heterocycles. The number of ether oxygens (including phenoxy) is 2. The number of nitrogens with two attached hydrogens (primary N) is 1. The molecule has 3 aromatic rings. The minimum Gasteiger partial charge on any atom is -0.466 e. The molecule has 34 heavy (non-hydrogen) atoms. The monoisotopic (exact) mass is 476 g/mol. The summed E-state index contributed by atoms with van der Waals surface area (Å²) in [5, 5.41) is 0. The molecule has 2 N–H and O–H groups in total. The molecule has 0 aliphatic carbocycles. The van der Waals surface area contributed by atoms with Gasteiger partial charge in [-0.1, -0.05) is 59.7 Å². The van der Waals surface area contributed by atoms with E-state index in [1.165, 1.54) is 18.8 Å². The maximum atomic E-state index is 13.4. The molecule has 0 fully saturated rings. The second kappa shape index (κ2) is 9.15. The van der Waals surface area contributed by atoms with E-state index in [9.17, 15) is 14.4 Å². The molecule has 0 bridgehead atoms. The van der Waals surface area contributed by atoms with Crippen molar-refractivity contribution >= 4 is 40.7 Å². The van der Waals surface area contributed by atoms with Gasteiger partial charge in [0.2, 0.25) is 0 Å². The smallest absolute Gasteiger partial charge is 0.338 e. The van der Waals surface area contributed by atoms with E-state index < -0.39 is 23.4 Å². The van der Waals surface area contributed by atoms with Crippen LogP contribution in [0.3, 0.4) is 0 Å². The lowest BCUT2D eigenvalue weighted by atomic mass is 9.83. The first-order chi connectivity index (χ1) is 16.3. The first-order valence-corrected chi connectivity index (χ1v) is 11.4. The number of carbonyl (C=O) groups is 2. The van der Waals surface area contributed by atoms with E-state index in [1.807, 2.05) is 62.4 Å². The number of carbonyl (C=O) groups excluding carboxylic acids is 2. The Morgan fingerprint density at radius 2 is 1.44 bits per heavy atom. The van der Waals surface area contributed by atoms with Gasteiger partial charge < -0.3 is 15.2 Å². The van der Waals surface area contributed by atoms with Crippen LogP contribution < -0.4 is 20.5 Å². The number of esters is 2. The molecule has 1 aliphatic heterocycles. The molecule has 1 aromatic heterocycles. The van der Waals surface area contributed by atoms with Crippen molar-refractivity contribution in [2.24, 2.45) is 5.73 Å². The molecular weight excluding hydrogens is 452 g/mol. The molecule has 0 amide bonds. The largest absolute Gasteiger partial charge is 0.466 e. The molecule has 0 spiro atoms. The van der Waals surface area contributed by atoms with Crippen LogP contribution in [0.15, 0.2) is 58.9 Å². The van der Waals surface area contributed by atoms with Gasteiger partial charge >= 0.3 is 11.9 Å². The highest BCUT2D eigenvalue weighted by atomic mass is 32.1. The van der Waals surface area contributed by atoms with Crippen molar-refractivity contribution in [3.63, 3.8) is 0 Å². The van der Waals surface area contributed by atoms with Crippen LogP contribution in [-0.4, -0.2) is 30.7 Å². The summed E-state index contributed by atoms with van der Waals surface area (Å²) in [5.41, 5.74) is 9.76. The summed E-state index contributed by atoms with van der Waals surface area (Å²) in [5.74, 6) is -2.30. The number of hydrogen-bond donors (Lipinski definition) is 1. The normalized spacial score (nSPS) is 15.8. The fourth-order valence-corrected chi connectivity index (χ4v) is 5.14. The van der Waals surface area contributed by atoms with E-state index in [0.29, 0.717) is 14.8 Å². The third-order valence-electron chi connectivity index (χ3n) is 5.74. The third kappa shape index (κ3) is 3.97. The minimum atomic E-state index is -0.856. The molecule has 8 heteroatoms. The van der Waals surface area contributed by atoms with Gasteiger partial charge in [0.05, 0.1) is 35.8 Å². The number of nitrogens with zero attached hydrogens (tertiary/aromatic N) is 1. The van der Waals surface area contributed by atoms with Gasteiger partial charge in [0.15, 0.2) is 0 Å². The minimum absolute atomic E-state index is 0.0149. The second-order valence-electron chi connectivity index (χ2n) is 8.01. The highest BCUT2D eigenvalue weighted by Gasteiger charge is 2.39. The average molecular weight is 477 g/mol. The van der Waals surface area contributed by atoms with Gasteiger partial charge in [-0.2, -0.15) is 0 Å². The maximum absolute atomic E-state index is 13.4. The number of rotatable bonds is 4. The van der Waals surface area contributed by atoms with Crippen molar-refractivity contribution in [3.05, 3.63) is 95.9 Å². The standard InChI is InChI=1S/C26H24N2O5S/c1-14-5-9-16(10-6-14)13-18-23(29)28-22(27)20(25(30)32-3)19(17-11-7-15(2)8-12-17)21(24(28)34-18)26(31)33-4/h5-13,19H,27H2,1-4H3/b18-13-/t19-/m0/s1. The van der Waals surface area contributed by atoms with Gasteiger partial charge in [0, 0.05) is 0 Å². The topological polar surface area (TPSA) is 101 Å². The van der Waals surface area contributed by atoms with Crippen molar-refractivity contribution in [2.75, 3.05) is 14.2 Å². The van der Waals surface area contributed by atoms with Crippen molar-refractivity contribution in [2.45, 2.75) is 19.8 Å². The Labute approximate surface area is 200 Å².